The zero-order chi connectivity index (χ0) is 26.1. The number of hydrogen-bond donors (Lipinski definition) is 6. The molecule has 0 aromatic rings. The summed E-state index contributed by atoms with van der Waals surface area (Å²) in [6, 6.07) is 0. The first-order chi connectivity index (χ1) is 16.5. The van der Waals surface area contributed by atoms with Crippen molar-refractivity contribution in [3.8, 4) is 0 Å². The van der Waals surface area contributed by atoms with Crippen LogP contribution in [0.15, 0.2) is 0 Å². The quantitative estimate of drug-likeness (QED) is 0.167. The molecular formula is C23H40O12. The molecule has 1 aliphatic carbocycles. The summed E-state index contributed by atoms with van der Waals surface area (Å²) in [7, 11) is 0. The Bertz CT molecular complexity index is 658. The number of carboxylic acids is 2. The van der Waals surface area contributed by atoms with E-state index in [4.69, 9.17) is 29.2 Å². The minimum absolute atomic E-state index is 0.0583. The number of carbonyl (C=O) groups is 2. The molecule has 1 saturated carbocycles. The lowest BCUT2D eigenvalue weighted by Crippen LogP contribution is -2.58. The normalized spacial score (nSPS) is 35.8. The van der Waals surface area contributed by atoms with Crippen molar-refractivity contribution in [1.29, 1.82) is 0 Å². The van der Waals surface area contributed by atoms with Gasteiger partial charge in [0.05, 0.1) is 38.1 Å². The molecule has 0 radical (unpaired) electrons. The SMILES string of the molecule is CC(C)C1C(COCC(=O)O)OC(COCC2CC(O)C(CO)CC2COCC(=O)O)C(O)C1O. The minimum Gasteiger partial charge on any atom is -0.480 e. The van der Waals surface area contributed by atoms with Crippen LogP contribution >= 0.6 is 0 Å². The predicted molar refractivity (Wildman–Crippen MR) is 120 cm³/mol. The third-order valence-corrected chi connectivity index (χ3v) is 6.95. The molecule has 1 heterocycles. The van der Waals surface area contributed by atoms with Gasteiger partial charge in [-0.3, -0.25) is 0 Å². The summed E-state index contributed by atoms with van der Waals surface area (Å²) in [5.41, 5.74) is 0. The maximum absolute atomic E-state index is 10.8. The average Bonchev–Trinajstić information content (AvgIpc) is 2.77. The molecule has 0 amide bonds. The van der Waals surface area contributed by atoms with Crippen molar-refractivity contribution in [2.45, 2.75) is 57.2 Å². The molecule has 12 nitrogen and oxygen atoms in total. The largest absolute Gasteiger partial charge is 0.480 e. The molecule has 6 N–H and O–H groups in total. The van der Waals surface area contributed by atoms with E-state index in [0.29, 0.717) is 12.8 Å². The molecule has 0 aromatic carbocycles. The van der Waals surface area contributed by atoms with Crippen molar-refractivity contribution in [3.63, 3.8) is 0 Å². The van der Waals surface area contributed by atoms with E-state index in [1.165, 1.54) is 0 Å². The average molecular weight is 509 g/mol. The van der Waals surface area contributed by atoms with Gasteiger partial charge in [-0.25, -0.2) is 9.59 Å². The summed E-state index contributed by atoms with van der Waals surface area (Å²) in [5.74, 6) is -3.38. The van der Waals surface area contributed by atoms with Gasteiger partial charge >= 0.3 is 11.9 Å². The van der Waals surface area contributed by atoms with Crippen LogP contribution in [0.5, 0.6) is 0 Å². The Kier molecular flexibility index (Phi) is 12.3. The van der Waals surface area contributed by atoms with Gasteiger partial charge in [-0.15, -0.1) is 0 Å². The molecule has 204 valence electrons. The molecule has 2 fully saturated rings. The van der Waals surface area contributed by atoms with E-state index in [2.05, 4.69) is 0 Å². The van der Waals surface area contributed by atoms with Crippen LogP contribution in [-0.4, -0.2) is 119 Å². The molecule has 12 heteroatoms. The van der Waals surface area contributed by atoms with Crippen LogP contribution in [-0.2, 0) is 28.5 Å². The summed E-state index contributed by atoms with van der Waals surface area (Å²) in [5, 5.41) is 58.8. The van der Waals surface area contributed by atoms with E-state index in [9.17, 15) is 30.0 Å². The Balaban J connectivity index is 1.96. The predicted octanol–water partition coefficient (Wildman–Crippen LogP) is -1.04. The highest BCUT2D eigenvalue weighted by Crippen LogP contribution is 2.36. The van der Waals surface area contributed by atoms with Crippen molar-refractivity contribution >= 4 is 11.9 Å². The number of aliphatic hydroxyl groups excluding tert-OH is 4. The lowest BCUT2D eigenvalue weighted by atomic mass is 9.73. The second-order valence-corrected chi connectivity index (χ2v) is 9.87. The Morgan fingerprint density at radius 3 is 1.91 bits per heavy atom. The van der Waals surface area contributed by atoms with Gasteiger partial charge < -0.3 is 49.6 Å². The molecule has 9 unspecified atom stereocenters. The second kappa shape index (κ2) is 14.4. The van der Waals surface area contributed by atoms with Gasteiger partial charge in [-0.05, 0) is 30.6 Å². The lowest BCUT2D eigenvalue weighted by molar-refractivity contribution is -0.232. The van der Waals surface area contributed by atoms with E-state index in [-0.39, 0.29) is 56.7 Å². The Morgan fingerprint density at radius 2 is 1.34 bits per heavy atom. The van der Waals surface area contributed by atoms with Crippen molar-refractivity contribution in [2.24, 2.45) is 29.6 Å². The van der Waals surface area contributed by atoms with Crippen molar-refractivity contribution < 1.29 is 59.2 Å². The lowest BCUT2D eigenvalue weighted by Gasteiger charge is -2.45. The van der Waals surface area contributed by atoms with E-state index < -0.39 is 61.6 Å². The van der Waals surface area contributed by atoms with Crippen LogP contribution in [0.1, 0.15) is 26.7 Å². The monoisotopic (exact) mass is 508 g/mol. The summed E-state index contributed by atoms with van der Waals surface area (Å²) in [6.07, 6.45) is -3.79. The Hall–Kier alpha value is -1.38. The van der Waals surface area contributed by atoms with Gasteiger partial charge in [0, 0.05) is 25.0 Å². The van der Waals surface area contributed by atoms with Crippen LogP contribution < -0.4 is 0 Å². The zero-order valence-corrected chi connectivity index (χ0v) is 20.3. The number of hydrogen-bond acceptors (Lipinski definition) is 10. The first-order valence-electron chi connectivity index (χ1n) is 12.0. The van der Waals surface area contributed by atoms with Gasteiger partial charge in [0.2, 0.25) is 0 Å². The number of carboxylic acid groups (broad SMARTS) is 2. The van der Waals surface area contributed by atoms with Crippen LogP contribution in [0, 0.1) is 29.6 Å². The summed E-state index contributed by atoms with van der Waals surface area (Å²) < 4.78 is 22.2. The number of ether oxygens (including phenoxy) is 4. The second-order valence-electron chi connectivity index (χ2n) is 9.87. The van der Waals surface area contributed by atoms with Crippen LogP contribution in [0.3, 0.4) is 0 Å². The van der Waals surface area contributed by atoms with Crippen LogP contribution in [0.2, 0.25) is 0 Å². The molecule has 0 aromatic heterocycles. The molecule has 2 rings (SSSR count). The fourth-order valence-electron chi connectivity index (χ4n) is 5.11. The highest BCUT2D eigenvalue weighted by Gasteiger charge is 2.46. The zero-order valence-electron chi connectivity index (χ0n) is 20.3. The van der Waals surface area contributed by atoms with Gasteiger partial charge in [-0.1, -0.05) is 13.8 Å². The maximum atomic E-state index is 10.8. The Labute approximate surface area is 204 Å². The van der Waals surface area contributed by atoms with Gasteiger partial charge in [-0.2, -0.15) is 0 Å². The molecule has 2 aliphatic rings. The fraction of sp³-hybridized carbons (Fsp3) is 0.913. The number of aliphatic carboxylic acids is 2. The molecule has 35 heavy (non-hydrogen) atoms. The molecular weight excluding hydrogens is 468 g/mol. The summed E-state index contributed by atoms with van der Waals surface area (Å²) in [4.78, 5) is 21.5. The van der Waals surface area contributed by atoms with Crippen molar-refractivity contribution in [2.75, 3.05) is 46.2 Å². The third-order valence-electron chi connectivity index (χ3n) is 6.95. The van der Waals surface area contributed by atoms with Gasteiger partial charge in [0.15, 0.2) is 0 Å². The molecule has 9 atom stereocenters. The topological polar surface area (TPSA) is 192 Å². The van der Waals surface area contributed by atoms with Gasteiger partial charge in [0.1, 0.15) is 25.4 Å². The first-order valence-corrected chi connectivity index (χ1v) is 12.0. The Morgan fingerprint density at radius 1 is 0.800 bits per heavy atom. The first kappa shape index (κ1) is 29.8. The van der Waals surface area contributed by atoms with Gasteiger partial charge in [0.25, 0.3) is 0 Å². The highest BCUT2D eigenvalue weighted by atomic mass is 16.6. The van der Waals surface area contributed by atoms with Crippen LogP contribution in [0.4, 0.5) is 0 Å². The third kappa shape index (κ3) is 8.90. The van der Waals surface area contributed by atoms with E-state index in [0.717, 1.165) is 0 Å². The standard InChI is InChI=1S/C23H40O12/c1-12(2)21-17(8-34-11-20(28)29)35-18(22(30)23(21)31)9-32-7-15-4-16(25)13(5-24)3-14(15)6-33-10-19(26)27/h12-18,21-25,30-31H,3-11H2,1-2H3,(H,26,27)(H,28,29). The molecule has 0 bridgehead atoms. The van der Waals surface area contributed by atoms with E-state index >= 15 is 0 Å². The molecule has 1 aliphatic heterocycles. The van der Waals surface area contributed by atoms with E-state index in [1.54, 1.807) is 0 Å². The summed E-state index contributed by atoms with van der Waals surface area (Å²) in [6.45, 7) is 2.79. The van der Waals surface area contributed by atoms with Crippen LogP contribution in [0.25, 0.3) is 0 Å². The minimum atomic E-state index is -1.22. The maximum Gasteiger partial charge on any atom is 0.329 e. The number of rotatable bonds is 14. The van der Waals surface area contributed by atoms with Crippen molar-refractivity contribution in [3.05, 3.63) is 0 Å². The summed E-state index contributed by atoms with van der Waals surface area (Å²) >= 11 is 0. The molecule has 0 spiro atoms. The smallest absolute Gasteiger partial charge is 0.329 e. The van der Waals surface area contributed by atoms with E-state index in [1.807, 2.05) is 13.8 Å². The number of aliphatic hydroxyl groups is 4. The fourth-order valence-corrected chi connectivity index (χ4v) is 5.11. The van der Waals surface area contributed by atoms with Crippen molar-refractivity contribution in [1.82, 2.24) is 0 Å². The molecule has 1 saturated heterocycles. The highest BCUT2D eigenvalue weighted by molar-refractivity contribution is 5.68.